The second-order valence-corrected chi connectivity index (χ2v) is 15.3. The minimum absolute atomic E-state index is 0.0502. The van der Waals surface area contributed by atoms with E-state index in [4.69, 9.17) is 20.8 Å². The zero-order valence-corrected chi connectivity index (χ0v) is 26.0. The van der Waals surface area contributed by atoms with Crippen molar-refractivity contribution in [1.82, 2.24) is 10.1 Å². The monoisotopic (exact) mass is 559 g/mol. The van der Waals surface area contributed by atoms with Gasteiger partial charge in [-0.2, -0.15) is 4.98 Å². The van der Waals surface area contributed by atoms with Gasteiger partial charge in [-0.25, -0.2) is 4.85 Å². The third-order valence-electron chi connectivity index (χ3n) is 13.4. The van der Waals surface area contributed by atoms with Crippen molar-refractivity contribution in [2.45, 2.75) is 99.0 Å². The molecular formula is C34H45N3O4. The molecular weight excluding hydrogens is 514 g/mol. The maximum atomic E-state index is 14.7. The molecule has 3 fully saturated rings. The molecule has 0 unspecified atom stereocenters. The summed E-state index contributed by atoms with van der Waals surface area (Å²) in [5.41, 5.74) is -0.650. The van der Waals surface area contributed by atoms with E-state index in [9.17, 15) is 9.59 Å². The molecule has 0 saturated heterocycles. The van der Waals surface area contributed by atoms with E-state index in [2.05, 4.69) is 44.6 Å². The van der Waals surface area contributed by atoms with Gasteiger partial charge in [0.25, 0.3) is 0 Å². The van der Waals surface area contributed by atoms with Crippen molar-refractivity contribution in [2.75, 3.05) is 7.11 Å². The molecule has 41 heavy (non-hydrogen) atoms. The van der Waals surface area contributed by atoms with Gasteiger partial charge in [-0.15, -0.1) is 0 Å². The number of hydrogen-bond donors (Lipinski definition) is 0. The van der Waals surface area contributed by atoms with Crippen LogP contribution in [0.4, 0.5) is 0 Å². The molecule has 7 heteroatoms. The number of nitrogens with zero attached hydrogens (tertiary/aromatic N) is 3. The number of methoxy groups -OCH3 is 1. The predicted molar refractivity (Wildman–Crippen MR) is 154 cm³/mol. The lowest BCUT2D eigenvalue weighted by atomic mass is 9.34. The predicted octanol–water partition coefficient (Wildman–Crippen LogP) is 6.90. The van der Waals surface area contributed by atoms with Crippen molar-refractivity contribution < 1.29 is 18.8 Å². The standard InChI is InChI=1S/C34H45N3O4/c1-19-10-13-34(29-36-25(18-40-9)37-41-29)15-14-33(7)27(26(34)20(19)2)22(38)16-24-31(5)17-21(35-8)28(39)30(3,4)23(31)11-12-32(24,33)6/h16-17,19-20,23,26-27H,10-15,18H2,1-7,9H3/t19-,20+,23+,26+,27-,31+,32-,33-,34+/m1/s1. The fraction of sp³-hybridized carbons (Fsp3) is 0.735. The molecule has 3 saturated carbocycles. The van der Waals surface area contributed by atoms with Gasteiger partial charge in [-0.05, 0) is 79.1 Å². The Hall–Kier alpha value is -2.59. The second kappa shape index (κ2) is 8.96. The SMILES string of the molecule is [C-]#[N+]C1=C[C@]2(C)C3=CC(=O)[C@@H]4[C@@H]5[C@@H](C)[C@H](C)CC[C@]5(c5nc(COC)no5)CC[C@@]4(C)[C@]3(C)CC[C@H]2C(C)(C)C1=O. The number of hydrogen-bond acceptors (Lipinski definition) is 6. The van der Waals surface area contributed by atoms with Crippen molar-refractivity contribution in [3.8, 4) is 0 Å². The zero-order chi connectivity index (χ0) is 29.8. The fourth-order valence-electron chi connectivity index (χ4n) is 10.8. The van der Waals surface area contributed by atoms with Gasteiger partial charge in [0.05, 0.1) is 12.0 Å². The second-order valence-electron chi connectivity index (χ2n) is 15.3. The Morgan fingerprint density at radius 1 is 1.07 bits per heavy atom. The molecule has 0 bridgehead atoms. The lowest BCUT2D eigenvalue weighted by Crippen LogP contribution is -2.66. The maximum absolute atomic E-state index is 14.7. The van der Waals surface area contributed by atoms with Gasteiger partial charge >= 0.3 is 0 Å². The lowest BCUT2D eigenvalue weighted by molar-refractivity contribution is -0.166. The molecule has 0 N–H and O–H groups in total. The van der Waals surface area contributed by atoms with E-state index in [1.54, 1.807) is 7.11 Å². The topological polar surface area (TPSA) is 86.7 Å². The van der Waals surface area contributed by atoms with Crippen molar-refractivity contribution >= 4 is 11.6 Å². The Morgan fingerprint density at radius 3 is 2.49 bits per heavy atom. The molecule has 1 aromatic rings. The van der Waals surface area contributed by atoms with E-state index < -0.39 is 10.8 Å². The van der Waals surface area contributed by atoms with Crippen LogP contribution in [0.25, 0.3) is 4.85 Å². The minimum atomic E-state index is -0.654. The van der Waals surface area contributed by atoms with Gasteiger partial charge in [0.1, 0.15) is 6.61 Å². The number of carbonyl (C=O) groups excluding carboxylic acids is 2. The fourth-order valence-corrected chi connectivity index (χ4v) is 10.8. The third-order valence-corrected chi connectivity index (χ3v) is 13.4. The third kappa shape index (κ3) is 3.46. The Labute approximate surface area is 244 Å². The molecule has 0 aliphatic heterocycles. The van der Waals surface area contributed by atoms with E-state index in [-0.39, 0.29) is 51.3 Å². The molecule has 5 aliphatic rings. The average Bonchev–Trinajstić information content (AvgIpc) is 3.39. The average molecular weight is 560 g/mol. The van der Waals surface area contributed by atoms with Crippen LogP contribution in [0.5, 0.6) is 0 Å². The van der Waals surface area contributed by atoms with E-state index in [1.165, 1.54) is 0 Å². The number of rotatable bonds is 3. The van der Waals surface area contributed by atoms with Crippen molar-refractivity contribution in [3.05, 3.63) is 46.6 Å². The van der Waals surface area contributed by atoms with Gasteiger partial charge < -0.3 is 14.1 Å². The van der Waals surface area contributed by atoms with Crippen molar-refractivity contribution in [2.24, 2.45) is 51.2 Å². The van der Waals surface area contributed by atoms with Crippen LogP contribution in [0, 0.1) is 57.8 Å². The van der Waals surface area contributed by atoms with E-state index in [0.29, 0.717) is 30.2 Å². The lowest BCUT2D eigenvalue weighted by Gasteiger charge is -2.69. The van der Waals surface area contributed by atoms with E-state index >= 15 is 0 Å². The number of fused-ring (bicyclic) bond motifs is 7. The number of ketones is 2. The Balaban J connectivity index is 1.52. The number of Topliss-reactive ketones (excluding diaryl/α,β-unsaturated/α-hetero) is 1. The first kappa shape index (κ1) is 28.5. The van der Waals surface area contributed by atoms with Crippen LogP contribution < -0.4 is 0 Å². The van der Waals surface area contributed by atoms with E-state index in [0.717, 1.165) is 44.1 Å². The Morgan fingerprint density at radius 2 is 1.80 bits per heavy atom. The normalized spacial score (nSPS) is 44.9. The van der Waals surface area contributed by atoms with Crippen LogP contribution >= 0.6 is 0 Å². The molecule has 1 heterocycles. The first-order chi connectivity index (χ1) is 19.2. The summed E-state index contributed by atoms with van der Waals surface area (Å²) in [6, 6.07) is 0. The maximum Gasteiger partial charge on any atom is 0.233 e. The molecule has 220 valence electrons. The van der Waals surface area contributed by atoms with Gasteiger partial charge in [-0.3, -0.25) is 4.79 Å². The summed E-state index contributed by atoms with van der Waals surface area (Å²) in [5.74, 6) is 2.15. The molecule has 0 spiro atoms. The van der Waals surface area contributed by atoms with Crippen molar-refractivity contribution in [3.63, 3.8) is 0 Å². The highest BCUT2D eigenvalue weighted by Crippen LogP contribution is 2.74. The number of allylic oxidation sites excluding steroid dienone is 4. The smallest absolute Gasteiger partial charge is 0.233 e. The number of ether oxygens (including phenoxy) is 1. The van der Waals surface area contributed by atoms with Crippen molar-refractivity contribution in [1.29, 1.82) is 0 Å². The highest BCUT2D eigenvalue weighted by atomic mass is 16.5. The molecule has 0 radical (unpaired) electrons. The van der Waals surface area contributed by atoms with Crippen LogP contribution in [0.15, 0.2) is 27.9 Å². The van der Waals surface area contributed by atoms with Crippen LogP contribution in [0.1, 0.15) is 98.7 Å². The summed E-state index contributed by atoms with van der Waals surface area (Å²) >= 11 is 0. The summed E-state index contributed by atoms with van der Waals surface area (Å²) in [7, 11) is 1.63. The van der Waals surface area contributed by atoms with Gasteiger partial charge in [0.15, 0.2) is 17.4 Å². The molecule has 5 aliphatic carbocycles. The highest BCUT2D eigenvalue weighted by molar-refractivity contribution is 6.03. The first-order valence-corrected chi connectivity index (χ1v) is 15.4. The Kier molecular flexibility index (Phi) is 6.23. The van der Waals surface area contributed by atoms with Crippen LogP contribution in [-0.4, -0.2) is 28.8 Å². The minimum Gasteiger partial charge on any atom is -0.377 e. The van der Waals surface area contributed by atoms with Gasteiger partial charge in [0, 0.05) is 23.9 Å². The van der Waals surface area contributed by atoms with Gasteiger partial charge in [0.2, 0.25) is 11.6 Å². The summed E-state index contributed by atoms with van der Waals surface area (Å²) in [4.78, 5) is 36.5. The highest BCUT2D eigenvalue weighted by Gasteiger charge is 2.71. The summed E-state index contributed by atoms with van der Waals surface area (Å²) in [6.07, 6.45) is 9.52. The molecule has 7 nitrogen and oxygen atoms in total. The molecule has 6 rings (SSSR count). The zero-order valence-electron chi connectivity index (χ0n) is 26.0. The molecule has 0 amide bonds. The summed E-state index contributed by atoms with van der Waals surface area (Å²) in [5, 5.41) is 4.25. The quantitative estimate of drug-likeness (QED) is 0.375. The largest absolute Gasteiger partial charge is 0.377 e. The summed E-state index contributed by atoms with van der Waals surface area (Å²) < 4.78 is 11.3. The molecule has 0 aromatic carbocycles. The number of carbonyl (C=O) groups is 2. The van der Waals surface area contributed by atoms with Crippen LogP contribution in [0.2, 0.25) is 0 Å². The number of aromatic nitrogens is 2. The van der Waals surface area contributed by atoms with Gasteiger partial charge in [-0.1, -0.05) is 65.3 Å². The van der Waals surface area contributed by atoms with E-state index in [1.807, 2.05) is 26.0 Å². The first-order valence-electron chi connectivity index (χ1n) is 15.4. The molecule has 1 aromatic heterocycles. The van der Waals surface area contributed by atoms with Crippen LogP contribution in [-0.2, 0) is 26.3 Å². The molecule has 9 atom stereocenters. The van der Waals surface area contributed by atoms with Crippen LogP contribution in [0.3, 0.4) is 0 Å². The Bertz CT molecular complexity index is 1410. The summed E-state index contributed by atoms with van der Waals surface area (Å²) in [6.45, 7) is 23.7.